The van der Waals surface area contributed by atoms with Crippen molar-refractivity contribution >= 4 is 5.69 Å². The summed E-state index contributed by atoms with van der Waals surface area (Å²) >= 11 is 0. The third kappa shape index (κ3) is 2.03. The lowest BCUT2D eigenvalue weighted by molar-refractivity contribution is 0.465. The van der Waals surface area contributed by atoms with Gasteiger partial charge in [0.2, 0.25) is 0 Å². The van der Waals surface area contributed by atoms with Crippen LogP contribution in [0.4, 0.5) is 5.69 Å². The van der Waals surface area contributed by atoms with Crippen molar-refractivity contribution in [2.24, 2.45) is 0 Å². The van der Waals surface area contributed by atoms with E-state index in [-0.39, 0.29) is 6.04 Å². The van der Waals surface area contributed by atoms with Crippen LogP contribution < -0.4 is 5.32 Å². The number of aromatic nitrogens is 1. The summed E-state index contributed by atoms with van der Waals surface area (Å²) in [6, 6.07) is 5.96. The standard InChI is InChI=1S/C17H20N2O/c1-10-6-7-18-9-14(10)19-13-8-12(3)16-11(2)4-5-15(20)17(13)16/h4-7,9,12-13,19-20H,8H2,1-3H3. The Bertz CT molecular complexity index is 651. The van der Waals surface area contributed by atoms with Crippen LogP contribution in [0.1, 0.15) is 47.6 Å². The number of fused-ring (bicyclic) bond motifs is 1. The van der Waals surface area contributed by atoms with E-state index >= 15 is 0 Å². The smallest absolute Gasteiger partial charge is 0.121 e. The molecule has 3 nitrogen and oxygen atoms in total. The SMILES string of the molecule is Cc1ccncc1NC1CC(C)c2c(C)ccc(O)c21. The molecule has 1 aromatic heterocycles. The van der Waals surface area contributed by atoms with Gasteiger partial charge in [-0.05, 0) is 55.0 Å². The van der Waals surface area contributed by atoms with Crippen molar-refractivity contribution in [3.05, 3.63) is 52.8 Å². The van der Waals surface area contributed by atoms with Crippen LogP contribution >= 0.6 is 0 Å². The quantitative estimate of drug-likeness (QED) is 0.863. The zero-order valence-electron chi connectivity index (χ0n) is 12.1. The molecule has 2 N–H and O–H groups in total. The van der Waals surface area contributed by atoms with E-state index in [0.717, 1.165) is 17.7 Å². The van der Waals surface area contributed by atoms with Crippen LogP contribution in [0.5, 0.6) is 5.75 Å². The number of hydrogen-bond acceptors (Lipinski definition) is 3. The summed E-state index contributed by atoms with van der Waals surface area (Å²) in [5.74, 6) is 0.862. The van der Waals surface area contributed by atoms with Gasteiger partial charge in [0.1, 0.15) is 5.75 Å². The number of nitrogens with zero attached hydrogens (tertiary/aromatic N) is 1. The molecule has 0 radical (unpaired) electrons. The molecule has 1 aliphatic rings. The lowest BCUT2D eigenvalue weighted by Crippen LogP contribution is -2.09. The molecule has 0 spiro atoms. The summed E-state index contributed by atoms with van der Waals surface area (Å²) < 4.78 is 0. The van der Waals surface area contributed by atoms with Crippen molar-refractivity contribution in [1.29, 1.82) is 0 Å². The Morgan fingerprint density at radius 2 is 1.95 bits per heavy atom. The molecular formula is C17H20N2O. The number of aromatic hydroxyl groups is 1. The second-order valence-corrected chi connectivity index (χ2v) is 5.75. The zero-order chi connectivity index (χ0) is 14.3. The van der Waals surface area contributed by atoms with Gasteiger partial charge in [-0.25, -0.2) is 0 Å². The van der Waals surface area contributed by atoms with Crippen LogP contribution in [-0.2, 0) is 0 Å². The summed E-state index contributed by atoms with van der Waals surface area (Å²) in [5.41, 5.74) is 5.83. The number of rotatable bonds is 2. The predicted octanol–water partition coefficient (Wildman–Crippen LogP) is 4.06. The number of anilines is 1. The maximum atomic E-state index is 10.2. The molecule has 2 atom stereocenters. The summed E-state index contributed by atoms with van der Waals surface area (Å²) in [5, 5.41) is 13.8. The first-order chi connectivity index (χ1) is 9.58. The first-order valence-electron chi connectivity index (χ1n) is 7.07. The Morgan fingerprint density at radius 1 is 1.15 bits per heavy atom. The lowest BCUT2D eigenvalue weighted by Gasteiger charge is -2.18. The lowest BCUT2D eigenvalue weighted by atomic mass is 9.97. The summed E-state index contributed by atoms with van der Waals surface area (Å²) in [6.07, 6.45) is 4.65. The van der Waals surface area contributed by atoms with E-state index in [0.29, 0.717) is 11.7 Å². The highest BCUT2D eigenvalue weighted by molar-refractivity contribution is 5.57. The highest BCUT2D eigenvalue weighted by Gasteiger charge is 2.32. The molecule has 1 heterocycles. The predicted molar refractivity (Wildman–Crippen MR) is 81.2 cm³/mol. The molecule has 104 valence electrons. The summed E-state index contributed by atoms with van der Waals surface area (Å²) in [7, 11) is 0. The molecule has 0 bridgehead atoms. The molecule has 1 aromatic carbocycles. The number of phenols is 1. The van der Waals surface area contributed by atoms with E-state index in [9.17, 15) is 5.11 Å². The van der Waals surface area contributed by atoms with Crippen LogP contribution in [-0.4, -0.2) is 10.1 Å². The van der Waals surface area contributed by atoms with Crippen molar-refractivity contribution in [3.63, 3.8) is 0 Å². The molecule has 0 saturated heterocycles. The highest BCUT2D eigenvalue weighted by Crippen LogP contribution is 2.47. The molecule has 0 fully saturated rings. The monoisotopic (exact) mass is 268 g/mol. The number of phenolic OH excluding ortho intramolecular Hbond substituents is 1. The van der Waals surface area contributed by atoms with E-state index in [2.05, 4.69) is 31.1 Å². The summed E-state index contributed by atoms with van der Waals surface area (Å²) in [6.45, 7) is 6.41. The van der Waals surface area contributed by atoms with Crippen molar-refractivity contribution in [3.8, 4) is 5.75 Å². The second-order valence-electron chi connectivity index (χ2n) is 5.75. The van der Waals surface area contributed by atoms with Gasteiger partial charge in [0.15, 0.2) is 0 Å². The first kappa shape index (κ1) is 13.0. The third-order valence-electron chi connectivity index (χ3n) is 4.28. The van der Waals surface area contributed by atoms with Gasteiger partial charge < -0.3 is 10.4 Å². The molecule has 1 aliphatic carbocycles. The number of nitrogens with one attached hydrogen (secondary N) is 1. The molecule has 2 unspecified atom stereocenters. The molecule has 0 amide bonds. The molecular weight excluding hydrogens is 248 g/mol. The fourth-order valence-corrected chi connectivity index (χ4v) is 3.28. The molecule has 20 heavy (non-hydrogen) atoms. The molecule has 3 rings (SSSR count). The largest absolute Gasteiger partial charge is 0.508 e. The zero-order valence-corrected chi connectivity index (χ0v) is 12.1. The van der Waals surface area contributed by atoms with Gasteiger partial charge in [-0.2, -0.15) is 0 Å². The van der Waals surface area contributed by atoms with Crippen LogP contribution in [0, 0.1) is 13.8 Å². The van der Waals surface area contributed by atoms with Crippen molar-refractivity contribution in [1.82, 2.24) is 4.98 Å². The van der Waals surface area contributed by atoms with Crippen LogP contribution in [0.25, 0.3) is 0 Å². The number of hydrogen-bond donors (Lipinski definition) is 2. The van der Waals surface area contributed by atoms with Crippen LogP contribution in [0.2, 0.25) is 0 Å². The Kier molecular flexibility index (Phi) is 3.13. The third-order valence-corrected chi connectivity index (χ3v) is 4.28. The van der Waals surface area contributed by atoms with Gasteiger partial charge in [0, 0.05) is 11.8 Å². The van der Waals surface area contributed by atoms with Gasteiger partial charge in [0.05, 0.1) is 17.9 Å². The highest BCUT2D eigenvalue weighted by atomic mass is 16.3. The fourth-order valence-electron chi connectivity index (χ4n) is 3.28. The maximum absolute atomic E-state index is 10.2. The van der Waals surface area contributed by atoms with Crippen molar-refractivity contribution in [2.45, 2.75) is 39.2 Å². The number of benzene rings is 1. The Hall–Kier alpha value is -2.03. The Morgan fingerprint density at radius 3 is 2.70 bits per heavy atom. The van der Waals surface area contributed by atoms with E-state index in [1.165, 1.54) is 16.7 Å². The summed E-state index contributed by atoms with van der Waals surface area (Å²) in [4.78, 5) is 4.18. The average Bonchev–Trinajstić information content (AvgIpc) is 2.75. The van der Waals surface area contributed by atoms with E-state index in [4.69, 9.17) is 0 Å². The minimum absolute atomic E-state index is 0.155. The molecule has 0 aliphatic heterocycles. The van der Waals surface area contributed by atoms with Crippen molar-refractivity contribution in [2.75, 3.05) is 5.32 Å². The van der Waals surface area contributed by atoms with E-state index in [1.54, 1.807) is 12.3 Å². The number of pyridine rings is 1. The van der Waals surface area contributed by atoms with Gasteiger partial charge >= 0.3 is 0 Å². The molecule has 2 aromatic rings. The first-order valence-corrected chi connectivity index (χ1v) is 7.07. The number of aryl methyl sites for hydroxylation is 2. The molecule has 3 heteroatoms. The Labute approximate surface area is 119 Å². The normalized spacial score (nSPS) is 20.8. The maximum Gasteiger partial charge on any atom is 0.121 e. The van der Waals surface area contributed by atoms with Gasteiger partial charge in [-0.3, -0.25) is 4.98 Å². The van der Waals surface area contributed by atoms with E-state index < -0.39 is 0 Å². The second kappa shape index (κ2) is 4.82. The topological polar surface area (TPSA) is 45.2 Å². The molecule has 0 saturated carbocycles. The van der Waals surface area contributed by atoms with Gasteiger partial charge in [-0.15, -0.1) is 0 Å². The Balaban J connectivity index is 2.00. The van der Waals surface area contributed by atoms with Crippen LogP contribution in [0.3, 0.4) is 0 Å². The van der Waals surface area contributed by atoms with E-state index in [1.807, 2.05) is 18.3 Å². The van der Waals surface area contributed by atoms with Gasteiger partial charge in [0.25, 0.3) is 0 Å². The fraction of sp³-hybridized carbons (Fsp3) is 0.353. The van der Waals surface area contributed by atoms with Crippen molar-refractivity contribution < 1.29 is 5.11 Å². The van der Waals surface area contributed by atoms with Gasteiger partial charge in [-0.1, -0.05) is 13.0 Å². The minimum atomic E-state index is 0.155. The van der Waals surface area contributed by atoms with Crippen LogP contribution in [0.15, 0.2) is 30.6 Å². The minimum Gasteiger partial charge on any atom is -0.508 e. The average molecular weight is 268 g/mol.